The normalized spacial score (nSPS) is 11.7. The second kappa shape index (κ2) is 6.76. The molecule has 5 nitrogen and oxygen atoms in total. The molecule has 1 atom stereocenters. The van der Waals surface area contributed by atoms with Crippen molar-refractivity contribution in [3.63, 3.8) is 0 Å². The highest BCUT2D eigenvalue weighted by atomic mass is 16.3. The Balaban J connectivity index is 2.09. The van der Waals surface area contributed by atoms with Gasteiger partial charge >= 0.3 is 6.03 Å². The molecule has 0 spiro atoms. The quantitative estimate of drug-likeness (QED) is 0.681. The van der Waals surface area contributed by atoms with Crippen LogP contribution in [0.5, 0.6) is 0 Å². The molecule has 5 N–H and O–H groups in total. The third-order valence-corrected chi connectivity index (χ3v) is 3.24. The van der Waals surface area contributed by atoms with E-state index in [1.165, 1.54) is 0 Å². The van der Waals surface area contributed by atoms with E-state index in [0.29, 0.717) is 5.69 Å². The zero-order valence-electron chi connectivity index (χ0n) is 11.8. The number of hydrogen-bond acceptors (Lipinski definition) is 3. The highest BCUT2D eigenvalue weighted by molar-refractivity contribution is 5.87. The minimum atomic E-state index is -0.578. The number of aliphatic hydroxyl groups excluding tert-OH is 1. The van der Waals surface area contributed by atoms with Gasteiger partial charge in [-0.1, -0.05) is 30.3 Å². The molecule has 2 aromatic rings. The molecule has 0 bridgehead atoms. The molecule has 2 rings (SSSR count). The first-order valence-electron chi connectivity index (χ1n) is 6.72. The van der Waals surface area contributed by atoms with E-state index in [0.717, 1.165) is 16.8 Å². The van der Waals surface area contributed by atoms with E-state index in [4.69, 9.17) is 5.73 Å². The number of nitrogens with one attached hydrogen (secondary N) is 2. The van der Waals surface area contributed by atoms with Crippen molar-refractivity contribution in [2.45, 2.75) is 19.6 Å². The fourth-order valence-corrected chi connectivity index (χ4v) is 2.11. The van der Waals surface area contributed by atoms with Crippen molar-refractivity contribution in [2.24, 2.45) is 5.73 Å². The first kappa shape index (κ1) is 14.9. The van der Waals surface area contributed by atoms with Gasteiger partial charge in [-0.05, 0) is 30.7 Å². The predicted octanol–water partition coefficient (Wildman–Crippen LogP) is 2.84. The molecule has 0 radical (unpaired) electrons. The van der Waals surface area contributed by atoms with Crippen LogP contribution in [0.15, 0.2) is 48.5 Å². The van der Waals surface area contributed by atoms with Crippen LogP contribution in [0.2, 0.25) is 0 Å². The maximum absolute atomic E-state index is 10.8. The standard InChI is InChI=1S/C16H19N3O2/c1-11(18-15-5-3-2-4-13(15)10-20)12-6-8-14(9-7-12)19-16(17)21/h2-9,11,18,20H,10H2,1H3,(H3,17,19,21). The first-order chi connectivity index (χ1) is 10.1. The minimum absolute atomic E-state index is 0.00262. The van der Waals surface area contributed by atoms with Gasteiger partial charge in [-0.2, -0.15) is 0 Å². The predicted molar refractivity (Wildman–Crippen MR) is 84.1 cm³/mol. The van der Waals surface area contributed by atoms with Gasteiger partial charge in [0.25, 0.3) is 0 Å². The molecule has 0 saturated heterocycles. The van der Waals surface area contributed by atoms with E-state index in [1.807, 2.05) is 43.3 Å². The third-order valence-electron chi connectivity index (χ3n) is 3.24. The molecule has 5 heteroatoms. The van der Waals surface area contributed by atoms with Crippen LogP contribution in [0, 0.1) is 0 Å². The van der Waals surface area contributed by atoms with Crippen molar-refractivity contribution in [1.82, 2.24) is 0 Å². The molecular formula is C16H19N3O2. The number of primary amides is 1. The number of anilines is 2. The summed E-state index contributed by atoms with van der Waals surface area (Å²) < 4.78 is 0. The maximum Gasteiger partial charge on any atom is 0.316 e. The number of benzene rings is 2. The van der Waals surface area contributed by atoms with E-state index in [-0.39, 0.29) is 12.6 Å². The van der Waals surface area contributed by atoms with Crippen LogP contribution < -0.4 is 16.4 Å². The van der Waals surface area contributed by atoms with Crippen molar-refractivity contribution < 1.29 is 9.90 Å². The van der Waals surface area contributed by atoms with Gasteiger partial charge in [-0.3, -0.25) is 0 Å². The third kappa shape index (κ3) is 3.97. The largest absolute Gasteiger partial charge is 0.392 e. The first-order valence-corrected chi connectivity index (χ1v) is 6.72. The second-order valence-electron chi connectivity index (χ2n) is 4.79. The molecule has 0 saturated carbocycles. The molecule has 0 aliphatic carbocycles. The van der Waals surface area contributed by atoms with Gasteiger partial charge in [0.05, 0.1) is 6.61 Å². The second-order valence-corrected chi connectivity index (χ2v) is 4.79. The molecule has 21 heavy (non-hydrogen) atoms. The van der Waals surface area contributed by atoms with Gasteiger partial charge < -0.3 is 21.5 Å². The summed E-state index contributed by atoms with van der Waals surface area (Å²) in [5.41, 5.74) is 8.57. The SMILES string of the molecule is CC(Nc1ccccc1CO)c1ccc(NC(N)=O)cc1. The number of urea groups is 1. The highest BCUT2D eigenvalue weighted by Crippen LogP contribution is 2.23. The summed E-state index contributed by atoms with van der Waals surface area (Å²) in [6, 6.07) is 14.6. The van der Waals surface area contributed by atoms with Crippen molar-refractivity contribution in [1.29, 1.82) is 0 Å². The number of carbonyl (C=O) groups is 1. The Morgan fingerprint density at radius 1 is 1.19 bits per heavy atom. The summed E-state index contributed by atoms with van der Waals surface area (Å²) in [5.74, 6) is 0. The smallest absolute Gasteiger partial charge is 0.316 e. The van der Waals surface area contributed by atoms with E-state index in [9.17, 15) is 9.90 Å². The van der Waals surface area contributed by atoms with Crippen LogP contribution >= 0.6 is 0 Å². The highest BCUT2D eigenvalue weighted by Gasteiger charge is 2.08. The summed E-state index contributed by atoms with van der Waals surface area (Å²) in [4.78, 5) is 10.8. The lowest BCUT2D eigenvalue weighted by Crippen LogP contribution is -2.19. The summed E-state index contributed by atoms with van der Waals surface area (Å²) in [6.07, 6.45) is 0. The summed E-state index contributed by atoms with van der Waals surface area (Å²) >= 11 is 0. The van der Waals surface area contributed by atoms with Crippen molar-refractivity contribution in [3.05, 3.63) is 59.7 Å². The minimum Gasteiger partial charge on any atom is -0.392 e. The van der Waals surface area contributed by atoms with Crippen LogP contribution in [-0.4, -0.2) is 11.1 Å². The maximum atomic E-state index is 10.8. The molecular weight excluding hydrogens is 266 g/mol. The summed E-state index contributed by atoms with van der Waals surface area (Å²) in [5, 5.41) is 15.2. The molecule has 0 aromatic heterocycles. The summed E-state index contributed by atoms with van der Waals surface area (Å²) in [6.45, 7) is 2.03. The number of hydrogen-bond donors (Lipinski definition) is 4. The number of aliphatic hydroxyl groups is 1. The average Bonchev–Trinajstić information content (AvgIpc) is 2.48. The lowest BCUT2D eigenvalue weighted by molar-refractivity contribution is 0.259. The molecule has 0 aliphatic heterocycles. The van der Waals surface area contributed by atoms with Gasteiger partial charge in [0.15, 0.2) is 0 Å². The van der Waals surface area contributed by atoms with Gasteiger partial charge in [-0.25, -0.2) is 4.79 Å². The molecule has 2 aromatic carbocycles. The van der Waals surface area contributed by atoms with Crippen molar-refractivity contribution >= 4 is 17.4 Å². The zero-order chi connectivity index (χ0) is 15.2. The molecule has 1 unspecified atom stereocenters. The zero-order valence-corrected chi connectivity index (χ0v) is 11.8. The van der Waals surface area contributed by atoms with E-state index < -0.39 is 6.03 Å². The van der Waals surface area contributed by atoms with Crippen LogP contribution in [0.4, 0.5) is 16.2 Å². The van der Waals surface area contributed by atoms with Crippen LogP contribution in [0.25, 0.3) is 0 Å². The van der Waals surface area contributed by atoms with E-state index in [2.05, 4.69) is 10.6 Å². The fraction of sp³-hybridized carbons (Fsp3) is 0.188. The van der Waals surface area contributed by atoms with Crippen LogP contribution in [-0.2, 0) is 6.61 Å². The molecule has 0 heterocycles. The molecule has 0 fully saturated rings. The van der Waals surface area contributed by atoms with Gasteiger partial charge in [0.2, 0.25) is 0 Å². The van der Waals surface area contributed by atoms with Crippen molar-refractivity contribution in [3.8, 4) is 0 Å². The van der Waals surface area contributed by atoms with Crippen molar-refractivity contribution in [2.75, 3.05) is 10.6 Å². The monoisotopic (exact) mass is 285 g/mol. The molecule has 2 amide bonds. The Bertz CT molecular complexity index is 611. The number of para-hydroxylation sites is 1. The van der Waals surface area contributed by atoms with Gasteiger partial charge in [0, 0.05) is 23.0 Å². The number of carbonyl (C=O) groups excluding carboxylic acids is 1. The Labute approximate surface area is 123 Å². The van der Waals surface area contributed by atoms with Gasteiger partial charge in [-0.15, -0.1) is 0 Å². The topological polar surface area (TPSA) is 87.4 Å². The lowest BCUT2D eigenvalue weighted by atomic mass is 10.1. The Morgan fingerprint density at radius 2 is 1.86 bits per heavy atom. The Hall–Kier alpha value is -2.53. The van der Waals surface area contributed by atoms with Crippen LogP contribution in [0.1, 0.15) is 24.1 Å². The number of nitrogens with two attached hydrogens (primary N) is 1. The molecule has 0 aliphatic rings. The van der Waals surface area contributed by atoms with E-state index in [1.54, 1.807) is 12.1 Å². The average molecular weight is 285 g/mol. The van der Waals surface area contributed by atoms with E-state index >= 15 is 0 Å². The van der Waals surface area contributed by atoms with Gasteiger partial charge in [0.1, 0.15) is 0 Å². The summed E-state index contributed by atoms with van der Waals surface area (Å²) in [7, 11) is 0. The number of rotatable bonds is 5. The Morgan fingerprint density at radius 3 is 2.48 bits per heavy atom. The molecule has 110 valence electrons. The fourth-order valence-electron chi connectivity index (χ4n) is 2.11. The van der Waals surface area contributed by atoms with Crippen LogP contribution in [0.3, 0.4) is 0 Å². The lowest BCUT2D eigenvalue weighted by Gasteiger charge is -2.18. The Kier molecular flexibility index (Phi) is 4.79. The number of amides is 2.